The van der Waals surface area contributed by atoms with E-state index >= 15 is 0 Å². The lowest BCUT2D eigenvalue weighted by molar-refractivity contribution is -0.120. The van der Waals surface area contributed by atoms with Gasteiger partial charge in [-0.05, 0) is 44.5 Å². The molecule has 1 aliphatic rings. The van der Waals surface area contributed by atoms with E-state index in [9.17, 15) is 14.4 Å². The summed E-state index contributed by atoms with van der Waals surface area (Å²) >= 11 is 0. The first-order valence-corrected chi connectivity index (χ1v) is 9.27. The number of hydrogen-bond donors (Lipinski definition) is 3. The number of likely N-dealkylation sites (tertiary alicyclic amines) is 1. The second kappa shape index (κ2) is 8.77. The molecule has 3 rings (SSSR count). The molecule has 3 heterocycles. The molecule has 27 heavy (non-hydrogen) atoms. The maximum Gasteiger partial charge on any atom is 0.325 e. The predicted octanol–water partition coefficient (Wildman–Crippen LogP) is 0.653. The van der Waals surface area contributed by atoms with Crippen LogP contribution >= 0.6 is 0 Å². The number of nitrogens with one attached hydrogen (secondary N) is 3. The van der Waals surface area contributed by atoms with Crippen LogP contribution in [0.4, 0.5) is 0 Å². The highest BCUT2D eigenvalue weighted by Crippen LogP contribution is 2.23. The average molecular weight is 371 g/mol. The van der Waals surface area contributed by atoms with Crippen LogP contribution in [0.25, 0.3) is 0 Å². The van der Waals surface area contributed by atoms with Gasteiger partial charge in [0.2, 0.25) is 5.91 Å². The van der Waals surface area contributed by atoms with Gasteiger partial charge in [0.1, 0.15) is 0 Å². The van der Waals surface area contributed by atoms with E-state index in [0.717, 1.165) is 31.5 Å². The molecule has 8 nitrogen and oxygen atoms in total. The highest BCUT2D eigenvalue weighted by Gasteiger charge is 2.23. The Labute approximate surface area is 157 Å². The number of rotatable bonds is 6. The molecule has 0 bridgehead atoms. The number of aromatic nitrogens is 3. The van der Waals surface area contributed by atoms with Gasteiger partial charge < -0.3 is 10.3 Å². The topological polar surface area (TPSA) is 111 Å². The maximum atomic E-state index is 12.4. The van der Waals surface area contributed by atoms with Gasteiger partial charge in [0, 0.05) is 30.2 Å². The van der Waals surface area contributed by atoms with E-state index in [1.54, 1.807) is 13.1 Å². The minimum absolute atomic E-state index is 0.0536. The third kappa shape index (κ3) is 4.91. The average Bonchev–Trinajstić information content (AvgIpc) is 2.66. The second-order valence-corrected chi connectivity index (χ2v) is 6.89. The molecule has 1 fully saturated rings. The smallest absolute Gasteiger partial charge is 0.325 e. The van der Waals surface area contributed by atoms with Gasteiger partial charge in [-0.1, -0.05) is 12.5 Å². The Morgan fingerprint density at radius 2 is 2.04 bits per heavy atom. The third-order valence-electron chi connectivity index (χ3n) is 4.99. The van der Waals surface area contributed by atoms with E-state index in [0.29, 0.717) is 12.2 Å². The van der Waals surface area contributed by atoms with Crippen molar-refractivity contribution < 1.29 is 4.79 Å². The molecule has 0 radical (unpaired) electrons. The highest BCUT2D eigenvalue weighted by molar-refractivity contribution is 5.78. The zero-order valence-electron chi connectivity index (χ0n) is 15.5. The number of nitrogens with zero attached hydrogens (tertiary/aromatic N) is 2. The van der Waals surface area contributed by atoms with Crippen LogP contribution in [0.5, 0.6) is 0 Å². The monoisotopic (exact) mass is 371 g/mol. The SMILES string of the molecule is Cc1[nH]c(=O)[nH]c(=O)c1CC(=O)NCC(c1cccnc1)N1CCCCC1. The van der Waals surface area contributed by atoms with Crippen LogP contribution in [0.2, 0.25) is 0 Å². The van der Waals surface area contributed by atoms with Crippen LogP contribution in [0.3, 0.4) is 0 Å². The minimum Gasteiger partial charge on any atom is -0.354 e. The fourth-order valence-corrected chi connectivity index (χ4v) is 3.53. The molecule has 0 spiro atoms. The zero-order valence-corrected chi connectivity index (χ0v) is 15.5. The second-order valence-electron chi connectivity index (χ2n) is 6.89. The van der Waals surface area contributed by atoms with Crippen molar-refractivity contribution in [2.24, 2.45) is 0 Å². The van der Waals surface area contributed by atoms with Gasteiger partial charge in [-0.3, -0.25) is 24.5 Å². The van der Waals surface area contributed by atoms with Gasteiger partial charge in [-0.25, -0.2) is 4.79 Å². The number of carbonyl (C=O) groups is 1. The molecule has 0 aromatic carbocycles. The van der Waals surface area contributed by atoms with Crippen LogP contribution in [0.15, 0.2) is 34.1 Å². The molecule has 1 atom stereocenters. The summed E-state index contributed by atoms with van der Waals surface area (Å²) in [6.07, 6.45) is 7.03. The number of hydrogen-bond acceptors (Lipinski definition) is 5. The van der Waals surface area contributed by atoms with E-state index in [4.69, 9.17) is 0 Å². The molecule has 8 heteroatoms. The van der Waals surface area contributed by atoms with Crippen LogP contribution in [-0.2, 0) is 11.2 Å². The number of aryl methyl sites for hydroxylation is 1. The van der Waals surface area contributed by atoms with E-state index in [1.807, 2.05) is 18.3 Å². The minimum atomic E-state index is -0.566. The first kappa shape index (κ1) is 19.0. The largest absolute Gasteiger partial charge is 0.354 e. The fourth-order valence-electron chi connectivity index (χ4n) is 3.53. The van der Waals surface area contributed by atoms with Gasteiger partial charge in [0.05, 0.1) is 12.5 Å². The normalized spacial score (nSPS) is 16.0. The summed E-state index contributed by atoms with van der Waals surface area (Å²) in [4.78, 5) is 46.9. The lowest BCUT2D eigenvalue weighted by Gasteiger charge is -2.34. The molecule has 144 valence electrons. The Kier molecular flexibility index (Phi) is 6.18. The van der Waals surface area contributed by atoms with Crippen LogP contribution < -0.4 is 16.6 Å². The third-order valence-corrected chi connectivity index (χ3v) is 4.99. The van der Waals surface area contributed by atoms with Gasteiger partial charge in [-0.15, -0.1) is 0 Å². The van der Waals surface area contributed by atoms with E-state index in [1.165, 1.54) is 6.42 Å². The summed E-state index contributed by atoms with van der Waals surface area (Å²) in [5, 5.41) is 2.94. The molecule has 3 N–H and O–H groups in total. The first-order chi connectivity index (χ1) is 13.0. The van der Waals surface area contributed by atoms with Gasteiger partial charge in [0.25, 0.3) is 5.56 Å². The standard InChI is InChI=1S/C19H25N5O3/c1-13-15(18(26)23-19(27)22-13)10-17(25)21-12-16(14-6-5-7-20-11-14)24-8-3-2-4-9-24/h5-7,11,16H,2-4,8-10,12H2,1H3,(H,21,25)(H2,22,23,26,27). The summed E-state index contributed by atoms with van der Waals surface area (Å²) in [5.74, 6) is -0.249. The van der Waals surface area contributed by atoms with Crippen LogP contribution in [-0.4, -0.2) is 45.4 Å². The summed E-state index contributed by atoms with van der Waals surface area (Å²) in [5.41, 5.74) is 0.675. The number of pyridine rings is 1. The molecule has 2 aromatic rings. The summed E-state index contributed by atoms with van der Waals surface area (Å²) in [7, 11) is 0. The predicted molar refractivity (Wildman–Crippen MR) is 102 cm³/mol. The Morgan fingerprint density at radius 3 is 2.70 bits per heavy atom. The van der Waals surface area contributed by atoms with Crippen molar-refractivity contribution in [1.82, 2.24) is 25.2 Å². The van der Waals surface area contributed by atoms with E-state index < -0.39 is 11.2 Å². The summed E-state index contributed by atoms with van der Waals surface area (Å²) in [6.45, 7) is 4.05. The molecule has 0 aliphatic carbocycles. The lowest BCUT2D eigenvalue weighted by Crippen LogP contribution is -2.41. The zero-order chi connectivity index (χ0) is 19.2. The molecule has 1 saturated heterocycles. The Hall–Kier alpha value is -2.74. The number of aromatic amines is 2. The van der Waals surface area contributed by atoms with Crippen molar-refractivity contribution in [3.63, 3.8) is 0 Å². The van der Waals surface area contributed by atoms with Gasteiger partial charge >= 0.3 is 5.69 Å². The van der Waals surface area contributed by atoms with Crippen LogP contribution in [0.1, 0.15) is 42.1 Å². The van der Waals surface area contributed by atoms with Crippen molar-refractivity contribution >= 4 is 5.91 Å². The maximum absolute atomic E-state index is 12.4. The number of carbonyl (C=O) groups excluding carboxylic acids is 1. The van der Waals surface area contributed by atoms with Crippen molar-refractivity contribution in [1.29, 1.82) is 0 Å². The number of piperidine rings is 1. The Balaban J connectivity index is 1.69. The Morgan fingerprint density at radius 1 is 1.26 bits per heavy atom. The molecule has 1 aliphatic heterocycles. The molecular weight excluding hydrogens is 346 g/mol. The van der Waals surface area contributed by atoms with Crippen molar-refractivity contribution in [3.8, 4) is 0 Å². The molecule has 1 unspecified atom stereocenters. The Bertz CT molecular complexity index is 884. The van der Waals surface area contributed by atoms with Crippen LogP contribution in [0, 0.1) is 6.92 Å². The quantitative estimate of drug-likeness (QED) is 0.691. The van der Waals surface area contributed by atoms with Crippen molar-refractivity contribution in [3.05, 3.63) is 62.2 Å². The molecular formula is C19H25N5O3. The van der Waals surface area contributed by atoms with E-state index in [-0.39, 0.29) is 23.9 Å². The number of H-pyrrole nitrogens is 2. The van der Waals surface area contributed by atoms with Crippen molar-refractivity contribution in [2.45, 2.75) is 38.6 Å². The molecule has 1 amide bonds. The fraction of sp³-hybridized carbons (Fsp3) is 0.474. The number of amides is 1. The summed E-state index contributed by atoms with van der Waals surface area (Å²) in [6, 6.07) is 3.98. The lowest BCUT2D eigenvalue weighted by atomic mass is 10.0. The molecule has 2 aromatic heterocycles. The van der Waals surface area contributed by atoms with Gasteiger partial charge in [-0.2, -0.15) is 0 Å². The highest BCUT2D eigenvalue weighted by atomic mass is 16.2. The molecule has 0 saturated carbocycles. The van der Waals surface area contributed by atoms with Crippen molar-refractivity contribution in [2.75, 3.05) is 19.6 Å². The summed E-state index contributed by atoms with van der Waals surface area (Å²) < 4.78 is 0. The van der Waals surface area contributed by atoms with E-state index in [2.05, 4.69) is 25.2 Å². The van der Waals surface area contributed by atoms with Gasteiger partial charge in [0.15, 0.2) is 0 Å². The first-order valence-electron chi connectivity index (χ1n) is 9.27.